The van der Waals surface area contributed by atoms with E-state index in [1.165, 1.54) is 10.4 Å². The smallest absolute Gasteiger partial charge is 0.122 e. The molecule has 1 aliphatic heterocycles. The third kappa shape index (κ3) is 3.35. The minimum atomic E-state index is 0.562. The number of para-hydroxylation sites is 1. The Bertz CT molecular complexity index is 569. The molecular weight excluding hydrogens is 290 g/mol. The third-order valence-corrected chi connectivity index (χ3v) is 4.94. The normalized spacial score (nSPS) is 17.6. The zero-order chi connectivity index (χ0) is 13.8. The molecule has 2 heterocycles. The molecule has 0 saturated heterocycles. The van der Waals surface area contributed by atoms with Crippen molar-refractivity contribution in [3.05, 3.63) is 51.2 Å². The lowest BCUT2D eigenvalue weighted by Crippen LogP contribution is -2.27. The summed E-state index contributed by atoms with van der Waals surface area (Å²) in [6.45, 7) is 2.83. The van der Waals surface area contributed by atoms with E-state index in [1.807, 2.05) is 12.1 Å². The van der Waals surface area contributed by atoms with Crippen LogP contribution in [-0.2, 0) is 6.42 Å². The highest BCUT2D eigenvalue weighted by Crippen LogP contribution is 2.32. The Kier molecular flexibility index (Phi) is 4.61. The Hall–Kier alpha value is -1.03. The largest absolute Gasteiger partial charge is 0.493 e. The predicted octanol–water partition coefficient (Wildman–Crippen LogP) is 4.10. The fourth-order valence-electron chi connectivity index (χ4n) is 2.60. The summed E-state index contributed by atoms with van der Waals surface area (Å²) in [6, 6.07) is 12.5. The first kappa shape index (κ1) is 13.9. The second-order valence-electron chi connectivity index (χ2n) is 5.03. The van der Waals surface area contributed by atoms with Crippen molar-refractivity contribution in [2.45, 2.75) is 18.8 Å². The number of halogens is 1. The number of fused-ring (bicyclic) bond motifs is 1. The number of ether oxygens (including phenoxy) is 1. The zero-order valence-electron chi connectivity index (χ0n) is 11.3. The predicted molar refractivity (Wildman–Crippen MR) is 85.2 cm³/mol. The molecule has 2 nitrogen and oxygen atoms in total. The van der Waals surface area contributed by atoms with Gasteiger partial charge in [-0.05, 0) is 43.1 Å². The molecule has 1 unspecified atom stereocenters. The van der Waals surface area contributed by atoms with Crippen LogP contribution in [0.3, 0.4) is 0 Å². The molecule has 0 amide bonds. The van der Waals surface area contributed by atoms with Gasteiger partial charge >= 0.3 is 0 Å². The molecule has 1 aromatic carbocycles. The average molecular weight is 308 g/mol. The van der Waals surface area contributed by atoms with Gasteiger partial charge in [-0.1, -0.05) is 29.8 Å². The molecule has 0 aliphatic carbocycles. The van der Waals surface area contributed by atoms with E-state index in [0.29, 0.717) is 5.92 Å². The Labute approximate surface area is 128 Å². The first-order valence-corrected chi connectivity index (χ1v) is 8.19. The molecule has 3 rings (SSSR count). The lowest BCUT2D eigenvalue weighted by molar-refractivity contribution is 0.265. The molecule has 1 atom stereocenters. The molecule has 1 N–H and O–H groups in total. The van der Waals surface area contributed by atoms with Crippen molar-refractivity contribution in [3.63, 3.8) is 0 Å². The summed E-state index contributed by atoms with van der Waals surface area (Å²) in [5.74, 6) is 1.61. The number of thiophene rings is 1. The van der Waals surface area contributed by atoms with Crippen LogP contribution in [0.2, 0.25) is 4.34 Å². The van der Waals surface area contributed by atoms with E-state index in [4.69, 9.17) is 16.3 Å². The van der Waals surface area contributed by atoms with Gasteiger partial charge in [0.2, 0.25) is 0 Å². The van der Waals surface area contributed by atoms with Crippen LogP contribution in [0.15, 0.2) is 36.4 Å². The standard InChI is InChI=1S/C16H18ClNOS/c17-16-6-5-13(20-16)7-9-18-11-12-8-10-19-15-4-2-1-3-14(12)15/h1-6,12,18H,7-11H2. The van der Waals surface area contributed by atoms with Crippen LogP contribution in [0, 0.1) is 0 Å². The van der Waals surface area contributed by atoms with Crippen molar-refractivity contribution in [2.75, 3.05) is 19.7 Å². The first-order chi connectivity index (χ1) is 9.83. The van der Waals surface area contributed by atoms with Crippen molar-refractivity contribution < 1.29 is 4.74 Å². The van der Waals surface area contributed by atoms with Gasteiger partial charge in [-0.2, -0.15) is 0 Å². The van der Waals surface area contributed by atoms with Crippen LogP contribution in [-0.4, -0.2) is 19.7 Å². The summed E-state index contributed by atoms with van der Waals surface area (Å²) in [5.41, 5.74) is 1.34. The highest BCUT2D eigenvalue weighted by Gasteiger charge is 2.20. The molecule has 0 spiro atoms. The minimum Gasteiger partial charge on any atom is -0.493 e. The van der Waals surface area contributed by atoms with Gasteiger partial charge in [-0.25, -0.2) is 0 Å². The molecule has 0 fully saturated rings. The van der Waals surface area contributed by atoms with Gasteiger partial charge < -0.3 is 10.1 Å². The van der Waals surface area contributed by atoms with Crippen molar-refractivity contribution in [1.82, 2.24) is 5.32 Å². The summed E-state index contributed by atoms with van der Waals surface area (Å²) in [7, 11) is 0. The second-order valence-corrected chi connectivity index (χ2v) is 6.83. The molecule has 0 bridgehead atoms. The topological polar surface area (TPSA) is 21.3 Å². The molecule has 1 aromatic heterocycles. The van der Waals surface area contributed by atoms with Gasteiger partial charge in [-0.3, -0.25) is 0 Å². The molecule has 2 aromatic rings. The van der Waals surface area contributed by atoms with Crippen molar-refractivity contribution in [2.24, 2.45) is 0 Å². The highest BCUT2D eigenvalue weighted by atomic mass is 35.5. The van der Waals surface area contributed by atoms with E-state index in [-0.39, 0.29) is 0 Å². The van der Waals surface area contributed by atoms with E-state index < -0.39 is 0 Å². The van der Waals surface area contributed by atoms with E-state index in [2.05, 4.69) is 29.6 Å². The molecular formula is C16H18ClNOS. The summed E-state index contributed by atoms with van der Waals surface area (Å²) in [4.78, 5) is 1.34. The fraction of sp³-hybridized carbons (Fsp3) is 0.375. The van der Waals surface area contributed by atoms with E-state index in [9.17, 15) is 0 Å². The van der Waals surface area contributed by atoms with Crippen molar-refractivity contribution in [3.8, 4) is 5.75 Å². The van der Waals surface area contributed by atoms with E-state index in [1.54, 1.807) is 11.3 Å². The van der Waals surface area contributed by atoms with Gasteiger partial charge in [-0.15, -0.1) is 11.3 Å². The van der Waals surface area contributed by atoms with E-state index >= 15 is 0 Å². The average Bonchev–Trinajstić information content (AvgIpc) is 2.89. The van der Waals surface area contributed by atoms with Gasteiger partial charge in [0.05, 0.1) is 10.9 Å². The first-order valence-electron chi connectivity index (χ1n) is 6.99. The summed E-state index contributed by atoms with van der Waals surface area (Å²) < 4.78 is 6.56. The van der Waals surface area contributed by atoms with Crippen LogP contribution < -0.4 is 10.1 Å². The van der Waals surface area contributed by atoms with Crippen LogP contribution in [0.4, 0.5) is 0 Å². The molecule has 20 heavy (non-hydrogen) atoms. The maximum absolute atomic E-state index is 5.94. The SMILES string of the molecule is Clc1ccc(CCNCC2CCOc3ccccc32)s1. The van der Waals surface area contributed by atoms with Gasteiger partial charge in [0.15, 0.2) is 0 Å². The number of rotatable bonds is 5. The summed E-state index contributed by atoms with van der Waals surface area (Å²) in [6.07, 6.45) is 2.14. The lowest BCUT2D eigenvalue weighted by atomic mass is 9.93. The summed E-state index contributed by atoms with van der Waals surface area (Å²) >= 11 is 7.60. The number of nitrogens with one attached hydrogen (secondary N) is 1. The number of hydrogen-bond donors (Lipinski definition) is 1. The van der Waals surface area contributed by atoms with Crippen molar-refractivity contribution >= 4 is 22.9 Å². The Morgan fingerprint density at radius 2 is 2.15 bits per heavy atom. The Morgan fingerprint density at radius 1 is 1.25 bits per heavy atom. The lowest BCUT2D eigenvalue weighted by Gasteiger charge is -2.26. The van der Waals surface area contributed by atoms with Gasteiger partial charge in [0, 0.05) is 17.3 Å². The van der Waals surface area contributed by atoms with Crippen LogP contribution in [0.5, 0.6) is 5.75 Å². The molecule has 4 heteroatoms. The Morgan fingerprint density at radius 3 is 3.00 bits per heavy atom. The minimum absolute atomic E-state index is 0.562. The Balaban J connectivity index is 1.50. The van der Waals surface area contributed by atoms with Gasteiger partial charge in [0.25, 0.3) is 0 Å². The molecule has 0 saturated carbocycles. The molecule has 1 aliphatic rings. The quantitative estimate of drug-likeness (QED) is 0.840. The number of hydrogen-bond acceptors (Lipinski definition) is 3. The van der Waals surface area contributed by atoms with Crippen molar-refractivity contribution in [1.29, 1.82) is 0 Å². The third-order valence-electron chi connectivity index (χ3n) is 3.65. The highest BCUT2D eigenvalue weighted by molar-refractivity contribution is 7.16. The van der Waals surface area contributed by atoms with Crippen LogP contribution in [0.25, 0.3) is 0 Å². The number of benzene rings is 1. The summed E-state index contributed by atoms with van der Waals surface area (Å²) in [5, 5.41) is 3.56. The molecule has 106 valence electrons. The monoisotopic (exact) mass is 307 g/mol. The molecule has 0 radical (unpaired) electrons. The zero-order valence-corrected chi connectivity index (χ0v) is 12.8. The van der Waals surface area contributed by atoms with E-state index in [0.717, 1.165) is 42.6 Å². The maximum atomic E-state index is 5.94. The van der Waals surface area contributed by atoms with Crippen LogP contribution in [0.1, 0.15) is 22.8 Å². The second kappa shape index (κ2) is 6.61. The van der Waals surface area contributed by atoms with Crippen LogP contribution >= 0.6 is 22.9 Å². The fourth-order valence-corrected chi connectivity index (χ4v) is 3.69. The van der Waals surface area contributed by atoms with Gasteiger partial charge in [0.1, 0.15) is 5.75 Å². The maximum Gasteiger partial charge on any atom is 0.122 e.